The second kappa shape index (κ2) is 17.7. The molecule has 0 saturated heterocycles. The molecule has 1 aliphatic carbocycles. The smallest absolute Gasteiger partial charge is 0.0638 e. The third-order valence-electron chi connectivity index (χ3n) is 14.1. The maximum atomic E-state index is 2.63. The van der Waals surface area contributed by atoms with Crippen LogP contribution in [-0.4, -0.2) is 0 Å². The Labute approximate surface area is 415 Å². The van der Waals surface area contributed by atoms with Gasteiger partial charge in [0.15, 0.2) is 0 Å². The normalized spacial score (nSPS) is 14.5. The first kappa shape index (κ1) is 47.6. The summed E-state index contributed by atoms with van der Waals surface area (Å²) in [5, 5.41) is 0. The van der Waals surface area contributed by atoms with Gasteiger partial charge in [0.1, 0.15) is 0 Å². The van der Waals surface area contributed by atoms with Crippen LogP contribution in [0.2, 0.25) is 0 Å². The van der Waals surface area contributed by atoms with E-state index < -0.39 is 0 Å². The molecule has 5 heteroatoms. The average Bonchev–Trinajstić information content (AvgIpc) is 3.62. The number of hydrogen-bond donors (Lipinski definition) is 0. The second-order valence-corrected chi connectivity index (χ2v) is 24.7. The Morgan fingerprint density at radius 1 is 0.470 bits per heavy atom. The lowest BCUT2D eigenvalue weighted by Gasteiger charge is -2.42. The third-order valence-corrected chi connectivity index (χ3v) is 16.2. The van der Waals surface area contributed by atoms with E-state index in [1.165, 1.54) is 92.8 Å². The number of fused-ring (bicyclic) bond motifs is 1. The standard InChI is InChI=1S/C61H70IN3S/c1-39-20-16-18-22-50(39)63(47-30-25-44(26-31-47)58(6,7)8)49-29-24-41(3)52(38-49)65(51-23-19-17-21-40(51)2)54-37-46(62)36-53(42(54)4)64(48-32-27-45(28-33-48)59(9,10)11)56-43(5)66-57-55(56)60(12,13)34-35-61(57,14)15/h16-33,36-38H,34-35H2,1-15H3. The van der Waals surface area contributed by atoms with Crippen molar-refractivity contribution in [1.29, 1.82) is 0 Å². The Morgan fingerprint density at radius 3 is 1.42 bits per heavy atom. The zero-order valence-corrected chi connectivity index (χ0v) is 45.1. The lowest BCUT2D eigenvalue weighted by molar-refractivity contribution is 0.339. The summed E-state index contributed by atoms with van der Waals surface area (Å²) < 4.78 is 1.19. The van der Waals surface area contributed by atoms with E-state index in [1.807, 2.05) is 11.3 Å². The highest BCUT2D eigenvalue weighted by Crippen LogP contribution is 2.58. The molecule has 342 valence electrons. The number of nitrogens with zero attached hydrogens (tertiary/aromatic N) is 3. The van der Waals surface area contributed by atoms with Gasteiger partial charge in [-0.25, -0.2) is 0 Å². The molecule has 7 aromatic rings. The van der Waals surface area contributed by atoms with Gasteiger partial charge in [-0.1, -0.05) is 136 Å². The number of anilines is 9. The fraction of sp³-hybridized carbons (Fsp3) is 0.344. The molecule has 0 fully saturated rings. The molecule has 0 spiro atoms. The molecular weight excluding hydrogens is 934 g/mol. The third kappa shape index (κ3) is 8.99. The number of benzene rings is 6. The highest BCUT2D eigenvalue weighted by atomic mass is 127. The molecule has 0 saturated carbocycles. The van der Waals surface area contributed by atoms with Gasteiger partial charge in [-0.15, -0.1) is 11.3 Å². The van der Waals surface area contributed by atoms with Crippen LogP contribution in [0.3, 0.4) is 0 Å². The lowest BCUT2D eigenvalue weighted by Crippen LogP contribution is -2.33. The number of para-hydroxylation sites is 2. The summed E-state index contributed by atoms with van der Waals surface area (Å²) in [5.41, 5.74) is 19.9. The molecule has 1 aliphatic rings. The van der Waals surface area contributed by atoms with Gasteiger partial charge in [0, 0.05) is 41.8 Å². The van der Waals surface area contributed by atoms with Gasteiger partial charge < -0.3 is 14.7 Å². The number of thiophene rings is 1. The maximum absolute atomic E-state index is 2.63. The Bertz CT molecular complexity index is 2900. The average molecular weight is 1000 g/mol. The SMILES string of the molecule is Cc1ccccc1N(c1ccc(C(C)(C)C)cc1)c1ccc(C)c(N(c2ccccc2C)c2cc(I)cc(N(c3ccc(C(C)(C)C)cc3)c3c(C)sc4c3C(C)(C)CCC4(C)C)c2C)c1. The predicted octanol–water partition coefficient (Wildman–Crippen LogP) is 19.2. The van der Waals surface area contributed by atoms with Crippen molar-refractivity contribution in [2.24, 2.45) is 0 Å². The van der Waals surface area contributed by atoms with Crippen molar-refractivity contribution < 1.29 is 0 Å². The lowest BCUT2D eigenvalue weighted by atomic mass is 9.66. The summed E-state index contributed by atoms with van der Waals surface area (Å²) in [7, 11) is 0. The van der Waals surface area contributed by atoms with Crippen LogP contribution >= 0.6 is 33.9 Å². The van der Waals surface area contributed by atoms with E-state index in [4.69, 9.17) is 0 Å². The minimum Gasteiger partial charge on any atom is -0.310 e. The van der Waals surface area contributed by atoms with E-state index in [9.17, 15) is 0 Å². The molecule has 0 amide bonds. The molecule has 0 radical (unpaired) electrons. The zero-order chi connectivity index (χ0) is 47.7. The number of rotatable bonds is 9. The monoisotopic (exact) mass is 1000 g/mol. The Hall–Kier alpha value is -4.85. The maximum Gasteiger partial charge on any atom is 0.0638 e. The van der Waals surface area contributed by atoms with Crippen molar-refractivity contribution in [2.75, 3.05) is 14.7 Å². The van der Waals surface area contributed by atoms with Crippen LogP contribution in [-0.2, 0) is 21.7 Å². The molecule has 6 aromatic carbocycles. The molecule has 0 aliphatic heterocycles. The van der Waals surface area contributed by atoms with Crippen LogP contribution < -0.4 is 14.7 Å². The van der Waals surface area contributed by atoms with Crippen LogP contribution in [0.4, 0.5) is 51.2 Å². The van der Waals surface area contributed by atoms with Crippen LogP contribution in [0.5, 0.6) is 0 Å². The molecule has 0 N–H and O–H groups in total. The predicted molar refractivity (Wildman–Crippen MR) is 297 cm³/mol. The first-order valence-electron chi connectivity index (χ1n) is 23.8. The summed E-state index contributed by atoms with van der Waals surface area (Å²) in [6.45, 7) is 35.0. The first-order chi connectivity index (χ1) is 31.0. The molecule has 8 rings (SSSR count). The van der Waals surface area contributed by atoms with Crippen LogP contribution in [0.15, 0.2) is 127 Å². The second-order valence-electron chi connectivity index (χ2n) is 22.2. The zero-order valence-electron chi connectivity index (χ0n) is 42.2. The highest BCUT2D eigenvalue weighted by Gasteiger charge is 2.43. The molecular formula is C61H70IN3S. The topological polar surface area (TPSA) is 9.72 Å². The molecule has 3 nitrogen and oxygen atoms in total. The van der Waals surface area contributed by atoms with Gasteiger partial charge in [-0.05, 0) is 191 Å². The van der Waals surface area contributed by atoms with Crippen molar-refractivity contribution >= 4 is 85.1 Å². The number of halogens is 1. The van der Waals surface area contributed by atoms with Gasteiger partial charge in [0.2, 0.25) is 0 Å². The van der Waals surface area contributed by atoms with E-state index >= 15 is 0 Å². The minimum absolute atomic E-state index is 0.0218. The number of aryl methyl sites for hydroxylation is 4. The van der Waals surface area contributed by atoms with Crippen molar-refractivity contribution in [3.63, 3.8) is 0 Å². The van der Waals surface area contributed by atoms with Crippen molar-refractivity contribution in [3.8, 4) is 0 Å². The Balaban J connectivity index is 1.39. The van der Waals surface area contributed by atoms with Crippen molar-refractivity contribution in [2.45, 2.75) is 138 Å². The summed E-state index contributed by atoms with van der Waals surface area (Å²) in [6, 6.07) is 48.1. The van der Waals surface area contributed by atoms with Crippen LogP contribution in [0, 0.1) is 38.2 Å². The summed E-state index contributed by atoms with van der Waals surface area (Å²) in [5.74, 6) is 0. The first-order valence-corrected chi connectivity index (χ1v) is 25.7. The number of hydrogen-bond acceptors (Lipinski definition) is 4. The van der Waals surface area contributed by atoms with E-state index in [1.54, 1.807) is 0 Å². The Kier molecular flexibility index (Phi) is 12.7. The summed E-state index contributed by atoms with van der Waals surface area (Å²) >= 11 is 4.59. The minimum atomic E-state index is 0.0218. The van der Waals surface area contributed by atoms with Gasteiger partial charge in [-0.2, -0.15) is 0 Å². The van der Waals surface area contributed by atoms with E-state index in [0.29, 0.717) is 0 Å². The van der Waals surface area contributed by atoms with Crippen molar-refractivity contribution in [1.82, 2.24) is 0 Å². The fourth-order valence-corrected chi connectivity index (χ4v) is 12.0. The molecule has 0 atom stereocenters. The molecule has 1 heterocycles. The highest BCUT2D eigenvalue weighted by molar-refractivity contribution is 14.1. The van der Waals surface area contributed by atoms with Gasteiger partial charge >= 0.3 is 0 Å². The summed E-state index contributed by atoms with van der Waals surface area (Å²) in [4.78, 5) is 10.5. The van der Waals surface area contributed by atoms with Gasteiger partial charge in [0.25, 0.3) is 0 Å². The Morgan fingerprint density at radius 2 is 0.909 bits per heavy atom. The quantitative estimate of drug-likeness (QED) is 0.133. The van der Waals surface area contributed by atoms with Gasteiger partial charge in [-0.3, -0.25) is 0 Å². The van der Waals surface area contributed by atoms with E-state index in [0.717, 1.165) is 23.5 Å². The molecule has 66 heavy (non-hydrogen) atoms. The fourth-order valence-electron chi connectivity index (χ4n) is 9.92. The van der Waals surface area contributed by atoms with E-state index in [-0.39, 0.29) is 21.7 Å². The summed E-state index contributed by atoms with van der Waals surface area (Å²) in [6.07, 6.45) is 2.34. The van der Waals surface area contributed by atoms with E-state index in [2.05, 4.69) is 269 Å². The van der Waals surface area contributed by atoms with Gasteiger partial charge in [0.05, 0.1) is 22.7 Å². The van der Waals surface area contributed by atoms with Crippen LogP contribution in [0.25, 0.3) is 0 Å². The molecule has 0 unspecified atom stereocenters. The van der Waals surface area contributed by atoms with Crippen LogP contribution in [0.1, 0.15) is 131 Å². The molecule has 1 aromatic heterocycles. The largest absolute Gasteiger partial charge is 0.310 e. The molecule has 0 bridgehead atoms. The van der Waals surface area contributed by atoms with Crippen molar-refractivity contribution in [3.05, 3.63) is 180 Å².